The molecule has 2 aromatic carbocycles. The van der Waals surface area contributed by atoms with Gasteiger partial charge in [-0.15, -0.1) is 6.58 Å². The summed E-state index contributed by atoms with van der Waals surface area (Å²) in [6.45, 7) is 4.58. The number of amides is 2. The number of benzene rings is 2. The highest BCUT2D eigenvalue weighted by Crippen LogP contribution is 2.25. The predicted molar refractivity (Wildman–Crippen MR) is 118 cm³/mol. The fourth-order valence-electron chi connectivity index (χ4n) is 3.45. The van der Waals surface area contributed by atoms with E-state index in [0.29, 0.717) is 6.54 Å². The van der Waals surface area contributed by atoms with Crippen LogP contribution in [0.5, 0.6) is 0 Å². The maximum absolute atomic E-state index is 12.8. The third-order valence-corrected chi connectivity index (χ3v) is 5.13. The number of carbonyl (C=O) groups excluding carboxylic acids is 2. The van der Waals surface area contributed by atoms with E-state index in [1.54, 1.807) is 12.2 Å². The number of rotatable bonds is 5. The average Bonchev–Trinajstić information content (AvgIpc) is 3.07. The summed E-state index contributed by atoms with van der Waals surface area (Å²) in [5, 5.41) is 3.66. The molecular formula is C23H19N3O2S. The van der Waals surface area contributed by atoms with Gasteiger partial charge in [-0.2, -0.15) is 0 Å². The van der Waals surface area contributed by atoms with E-state index in [-0.39, 0.29) is 17.2 Å². The second-order valence-electron chi connectivity index (χ2n) is 6.74. The van der Waals surface area contributed by atoms with E-state index in [1.807, 2.05) is 48.7 Å². The van der Waals surface area contributed by atoms with Crippen LogP contribution >= 0.6 is 12.2 Å². The minimum Gasteiger partial charge on any atom is -0.342 e. The van der Waals surface area contributed by atoms with Crippen molar-refractivity contribution in [2.75, 3.05) is 6.54 Å². The summed E-state index contributed by atoms with van der Waals surface area (Å²) in [5.74, 6) is -0.904. The molecule has 0 unspecified atom stereocenters. The Hall–Kier alpha value is -3.51. The molecule has 0 spiro atoms. The van der Waals surface area contributed by atoms with Gasteiger partial charge in [-0.25, -0.2) is 0 Å². The number of hydrogen-bond acceptors (Lipinski definition) is 3. The lowest BCUT2D eigenvalue weighted by atomic mass is 10.1. The third kappa shape index (κ3) is 3.62. The van der Waals surface area contributed by atoms with Crippen LogP contribution in [0.1, 0.15) is 11.1 Å². The number of hydrogen-bond donors (Lipinski definition) is 1. The van der Waals surface area contributed by atoms with Crippen LogP contribution in [-0.4, -0.2) is 32.9 Å². The standard InChI is InChI=1S/C23H19N3O2S/c1-2-12-26-22(28)19(21(27)24-23(26)29)13-17-15-25(14-16-8-4-3-5-9-16)20-11-7-6-10-18(17)20/h2-11,13,15H,1,12,14H2,(H,24,27,29). The summed E-state index contributed by atoms with van der Waals surface area (Å²) in [4.78, 5) is 26.6. The number of nitrogens with zero attached hydrogens (tertiary/aromatic N) is 2. The fourth-order valence-corrected chi connectivity index (χ4v) is 3.70. The second-order valence-corrected chi connectivity index (χ2v) is 7.12. The van der Waals surface area contributed by atoms with Crippen molar-refractivity contribution < 1.29 is 9.59 Å². The minimum atomic E-state index is -0.486. The van der Waals surface area contributed by atoms with Crippen LogP contribution in [0.15, 0.2) is 79.0 Å². The Bertz CT molecular complexity index is 1160. The zero-order valence-electron chi connectivity index (χ0n) is 15.7. The molecule has 144 valence electrons. The second kappa shape index (κ2) is 7.85. The first-order valence-corrected chi connectivity index (χ1v) is 9.61. The summed E-state index contributed by atoms with van der Waals surface area (Å²) >= 11 is 5.11. The molecule has 0 bridgehead atoms. The first-order chi connectivity index (χ1) is 14.1. The van der Waals surface area contributed by atoms with Crippen LogP contribution in [-0.2, 0) is 16.1 Å². The highest BCUT2D eigenvalue weighted by Gasteiger charge is 2.32. The summed E-state index contributed by atoms with van der Waals surface area (Å²) < 4.78 is 2.12. The lowest BCUT2D eigenvalue weighted by molar-refractivity contribution is -0.128. The van der Waals surface area contributed by atoms with Gasteiger partial charge >= 0.3 is 0 Å². The zero-order valence-corrected chi connectivity index (χ0v) is 16.5. The van der Waals surface area contributed by atoms with Crippen LogP contribution in [0.2, 0.25) is 0 Å². The van der Waals surface area contributed by atoms with Crippen molar-refractivity contribution >= 4 is 46.1 Å². The van der Waals surface area contributed by atoms with E-state index < -0.39 is 11.8 Å². The van der Waals surface area contributed by atoms with E-state index in [2.05, 4.69) is 28.6 Å². The Morgan fingerprint density at radius 3 is 2.52 bits per heavy atom. The van der Waals surface area contributed by atoms with Gasteiger partial charge in [-0.05, 0) is 29.9 Å². The summed E-state index contributed by atoms with van der Waals surface area (Å²) in [6, 6.07) is 18.1. The number of fused-ring (bicyclic) bond motifs is 1. The summed E-state index contributed by atoms with van der Waals surface area (Å²) in [6.07, 6.45) is 5.18. The van der Waals surface area contributed by atoms with Crippen molar-refractivity contribution in [3.63, 3.8) is 0 Å². The molecule has 3 aromatic rings. The molecule has 2 heterocycles. The van der Waals surface area contributed by atoms with Gasteiger partial charge in [-0.3, -0.25) is 19.8 Å². The summed E-state index contributed by atoms with van der Waals surface area (Å²) in [5.41, 5.74) is 3.07. The molecule has 1 aliphatic heterocycles. The predicted octanol–water partition coefficient (Wildman–Crippen LogP) is 3.50. The molecule has 0 radical (unpaired) electrons. The molecule has 1 aromatic heterocycles. The van der Waals surface area contributed by atoms with Crippen molar-refractivity contribution in [3.05, 3.63) is 90.1 Å². The summed E-state index contributed by atoms with van der Waals surface area (Å²) in [7, 11) is 0. The molecule has 0 atom stereocenters. The van der Waals surface area contributed by atoms with E-state index >= 15 is 0 Å². The molecule has 1 fully saturated rings. The van der Waals surface area contributed by atoms with Gasteiger partial charge in [-0.1, -0.05) is 54.6 Å². The zero-order chi connectivity index (χ0) is 20.4. The topological polar surface area (TPSA) is 54.3 Å². The van der Waals surface area contributed by atoms with Gasteiger partial charge < -0.3 is 4.57 Å². The van der Waals surface area contributed by atoms with Gasteiger partial charge in [0, 0.05) is 35.8 Å². The SMILES string of the molecule is C=CCN1C(=O)C(=Cc2cn(Cc3ccccc3)c3ccccc23)C(=O)NC1=S. The largest absolute Gasteiger partial charge is 0.342 e. The van der Waals surface area contributed by atoms with Gasteiger partial charge in [0.05, 0.1) is 0 Å². The molecule has 1 N–H and O–H groups in total. The van der Waals surface area contributed by atoms with Crippen molar-refractivity contribution in [1.82, 2.24) is 14.8 Å². The van der Waals surface area contributed by atoms with Crippen molar-refractivity contribution in [1.29, 1.82) is 0 Å². The minimum absolute atomic E-state index is 0.0584. The smallest absolute Gasteiger partial charge is 0.265 e. The number of aromatic nitrogens is 1. The van der Waals surface area contributed by atoms with Gasteiger partial charge in [0.1, 0.15) is 5.57 Å². The molecule has 1 saturated heterocycles. The molecule has 1 aliphatic rings. The Morgan fingerprint density at radius 2 is 1.76 bits per heavy atom. The fraction of sp³-hybridized carbons (Fsp3) is 0.0870. The van der Waals surface area contributed by atoms with E-state index in [9.17, 15) is 9.59 Å². The molecule has 0 saturated carbocycles. The average molecular weight is 401 g/mol. The number of para-hydroxylation sites is 1. The van der Waals surface area contributed by atoms with E-state index in [4.69, 9.17) is 12.2 Å². The van der Waals surface area contributed by atoms with Crippen LogP contribution in [0.4, 0.5) is 0 Å². The Kier molecular flexibility index (Phi) is 5.10. The van der Waals surface area contributed by atoms with Gasteiger partial charge in [0.15, 0.2) is 5.11 Å². The maximum Gasteiger partial charge on any atom is 0.265 e. The monoisotopic (exact) mass is 401 g/mol. The third-order valence-electron chi connectivity index (χ3n) is 4.81. The van der Waals surface area contributed by atoms with Crippen molar-refractivity contribution in [3.8, 4) is 0 Å². The lowest BCUT2D eigenvalue weighted by Gasteiger charge is -2.27. The quantitative estimate of drug-likeness (QED) is 0.308. The molecule has 0 aliphatic carbocycles. The normalized spacial score (nSPS) is 15.8. The Balaban J connectivity index is 1.78. The first-order valence-electron chi connectivity index (χ1n) is 9.20. The van der Waals surface area contributed by atoms with Crippen LogP contribution in [0, 0.1) is 0 Å². The first kappa shape index (κ1) is 18.8. The lowest BCUT2D eigenvalue weighted by Crippen LogP contribution is -2.53. The van der Waals surface area contributed by atoms with Crippen LogP contribution in [0.25, 0.3) is 17.0 Å². The van der Waals surface area contributed by atoms with Crippen LogP contribution < -0.4 is 5.32 Å². The highest BCUT2D eigenvalue weighted by molar-refractivity contribution is 7.80. The Morgan fingerprint density at radius 1 is 1.03 bits per heavy atom. The molecule has 5 nitrogen and oxygen atoms in total. The Labute approximate surface area is 173 Å². The van der Waals surface area contributed by atoms with E-state index in [0.717, 1.165) is 16.5 Å². The van der Waals surface area contributed by atoms with Crippen molar-refractivity contribution in [2.45, 2.75) is 6.54 Å². The maximum atomic E-state index is 12.8. The molecular weight excluding hydrogens is 382 g/mol. The van der Waals surface area contributed by atoms with Crippen molar-refractivity contribution in [2.24, 2.45) is 0 Å². The molecule has 2 amide bonds. The number of carbonyl (C=O) groups is 2. The molecule has 6 heteroatoms. The van der Waals surface area contributed by atoms with Gasteiger partial charge in [0.25, 0.3) is 11.8 Å². The van der Waals surface area contributed by atoms with Gasteiger partial charge in [0.2, 0.25) is 0 Å². The number of thiocarbonyl (C=S) groups is 1. The number of nitrogens with one attached hydrogen (secondary N) is 1. The van der Waals surface area contributed by atoms with E-state index in [1.165, 1.54) is 10.5 Å². The molecule has 29 heavy (non-hydrogen) atoms. The van der Waals surface area contributed by atoms with Crippen LogP contribution in [0.3, 0.4) is 0 Å². The highest BCUT2D eigenvalue weighted by atomic mass is 32.1. The molecule has 4 rings (SSSR count).